The molecule has 0 amide bonds. The van der Waals surface area contributed by atoms with Crippen molar-refractivity contribution >= 4 is 37.7 Å². The summed E-state index contributed by atoms with van der Waals surface area (Å²) in [7, 11) is 3.33. The molecule has 24 heavy (non-hydrogen) atoms. The minimum atomic E-state index is 0.723. The second-order valence-electron chi connectivity index (χ2n) is 5.53. The largest absolute Gasteiger partial charge is 0.493 e. The number of para-hydroxylation sites is 2. The molecule has 1 aromatic heterocycles. The van der Waals surface area contributed by atoms with Gasteiger partial charge in [0, 0.05) is 21.3 Å². The lowest BCUT2D eigenvalue weighted by atomic mass is 10.1. The van der Waals surface area contributed by atoms with Crippen molar-refractivity contribution in [3.05, 3.63) is 65.1 Å². The van der Waals surface area contributed by atoms with Gasteiger partial charge in [-0.25, -0.2) is 0 Å². The van der Waals surface area contributed by atoms with Gasteiger partial charge in [0.1, 0.15) is 0 Å². The van der Waals surface area contributed by atoms with Crippen molar-refractivity contribution in [3.63, 3.8) is 0 Å². The van der Waals surface area contributed by atoms with Gasteiger partial charge in [-0.2, -0.15) is 0 Å². The van der Waals surface area contributed by atoms with E-state index < -0.39 is 0 Å². The molecule has 1 heterocycles. The SMILES string of the molecule is COc1cc2c3ccccc3n(-c3ccccc3Br)c2cc1OC. The minimum absolute atomic E-state index is 0.723. The molecule has 4 heteroatoms. The first kappa shape index (κ1) is 15.1. The Kier molecular flexibility index (Phi) is 3.69. The summed E-state index contributed by atoms with van der Waals surface area (Å²) in [5.74, 6) is 1.46. The summed E-state index contributed by atoms with van der Waals surface area (Å²) >= 11 is 3.68. The molecule has 0 bridgehead atoms. The van der Waals surface area contributed by atoms with Crippen molar-refractivity contribution in [3.8, 4) is 17.2 Å². The molecular formula is C20H16BrNO2. The fourth-order valence-electron chi connectivity index (χ4n) is 3.19. The summed E-state index contributed by atoms with van der Waals surface area (Å²) < 4.78 is 14.3. The predicted molar refractivity (Wildman–Crippen MR) is 102 cm³/mol. The van der Waals surface area contributed by atoms with Gasteiger partial charge in [0.15, 0.2) is 11.5 Å². The van der Waals surface area contributed by atoms with Crippen LogP contribution in [-0.4, -0.2) is 18.8 Å². The van der Waals surface area contributed by atoms with Gasteiger partial charge in [-0.15, -0.1) is 0 Å². The van der Waals surface area contributed by atoms with Crippen LogP contribution in [0.1, 0.15) is 0 Å². The van der Waals surface area contributed by atoms with Gasteiger partial charge >= 0.3 is 0 Å². The first-order valence-corrected chi connectivity index (χ1v) is 8.44. The zero-order chi connectivity index (χ0) is 16.7. The fourth-order valence-corrected chi connectivity index (χ4v) is 3.65. The Hall–Kier alpha value is -2.46. The summed E-state index contributed by atoms with van der Waals surface area (Å²) in [5.41, 5.74) is 3.33. The van der Waals surface area contributed by atoms with E-state index in [1.165, 1.54) is 5.39 Å². The quantitative estimate of drug-likeness (QED) is 0.463. The van der Waals surface area contributed by atoms with Crippen LogP contribution < -0.4 is 9.47 Å². The van der Waals surface area contributed by atoms with E-state index in [2.05, 4.69) is 56.9 Å². The topological polar surface area (TPSA) is 23.4 Å². The van der Waals surface area contributed by atoms with Crippen LogP contribution in [0.25, 0.3) is 27.5 Å². The molecule has 3 nitrogen and oxygen atoms in total. The number of aromatic nitrogens is 1. The summed E-state index contributed by atoms with van der Waals surface area (Å²) in [5, 5.41) is 2.32. The van der Waals surface area contributed by atoms with Gasteiger partial charge in [0.25, 0.3) is 0 Å². The third kappa shape index (κ3) is 2.18. The highest BCUT2D eigenvalue weighted by atomic mass is 79.9. The molecule has 0 fully saturated rings. The second kappa shape index (κ2) is 5.87. The highest BCUT2D eigenvalue weighted by Crippen LogP contribution is 2.40. The number of hydrogen-bond donors (Lipinski definition) is 0. The van der Waals surface area contributed by atoms with E-state index in [9.17, 15) is 0 Å². The van der Waals surface area contributed by atoms with Crippen LogP contribution in [0, 0.1) is 0 Å². The average molecular weight is 382 g/mol. The summed E-state index contributed by atoms with van der Waals surface area (Å²) in [4.78, 5) is 0. The van der Waals surface area contributed by atoms with Gasteiger partial charge in [-0.3, -0.25) is 0 Å². The maximum Gasteiger partial charge on any atom is 0.162 e. The van der Waals surface area contributed by atoms with E-state index in [0.717, 1.165) is 38.1 Å². The Balaban J connectivity index is 2.20. The number of methoxy groups -OCH3 is 2. The monoisotopic (exact) mass is 381 g/mol. The maximum atomic E-state index is 5.51. The molecule has 0 unspecified atom stereocenters. The molecule has 0 spiro atoms. The van der Waals surface area contributed by atoms with Crippen LogP contribution in [0.5, 0.6) is 11.5 Å². The molecule has 0 radical (unpaired) electrons. The summed E-state index contributed by atoms with van der Waals surface area (Å²) in [6.07, 6.45) is 0. The van der Waals surface area contributed by atoms with Crippen molar-refractivity contribution in [2.24, 2.45) is 0 Å². The van der Waals surface area contributed by atoms with Crippen molar-refractivity contribution in [1.82, 2.24) is 4.57 Å². The van der Waals surface area contributed by atoms with Crippen LogP contribution >= 0.6 is 15.9 Å². The molecule has 0 atom stereocenters. The molecule has 0 aliphatic heterocycles. The van der Waals surface area contributed by atoms with Crippen LogP contribution in [0.3, 0.4) is 0 Å². The minimum Gasteiger partial charge on any atom is -0.493 e. The normalized spacial score (nSPS) is 11.1. The molecule has 3 aromatic carbocycles. The zero-order valence-electron chi connectivity index (χ0n) is 13.4. The molecule has 0 aliphatic rings. The Morgan fingerprint density at radius 3 is 2.17 bits per heavy atom. The third-order valence-corrected chi connectivity index (χ3v) is 4.94. The second-order valence-corrected chi connectivity index (χ2v) is 6.38. The van der Waals surface area contributed by atoms with Gasteiger partial charge in [0.2, 0.25) is 0 Å². The molecule has 4 aromatic rings. The molecule has 120 valence electrons. The number of fused-ring (bicyclic) bond motifs is 3. The van der Waals surface area contributed by atoms with Crippen molar-refractivity contribution in [2.75, 3.05) is 14.2 Å². The molecule has 4 rings (SSSR count). The highest BCUT2D eigenvalue weighted by molar-refractivity contribution is 9.10. The van der Waals surface area contributed by atoms with E-state index in [1.54, 1.807) is 14.2 Å². The maximum absolute atomic E-state index is 5.51. The Bertz CT molecular complexity index is 1050. The lowest BCUT2D eigenvalue weighted by Gasteiger charge is -2.12. The van der Waals surface area contributed by atoms with Crippen LogP contribution in [0.15, 0.2) is 65.1 Å². The first-order chi connectivity index (χ1) is 11.7. The highest BCUT2D eigenvalue weighted by Gasteiger charge is 2.16. The van der Waals surface area contributed by atoms with E-state index in [0.29, 0.717) is 0 Å². The lowest BCUT2D eigenvalue weighted by molar-refractivity contribution is 0.356. The molecule has 0 saturated heterocycles. The average Bonchev–Trinajstić information content (AvgIpc) is 2.94. The van der Waals surface area contributed by atoms with Crippen LogP contribution in [0.2, 0.25) is 0 Å². The zero-order valence-corrected chi connectivity index (χ0v) is 15.0. The van der Waals surface area contributed by atoms with E-state index in [1.807, 2.05) is 24.3 Å². The Morgan fingerprint density at radius 2 is 1.42 bits per heavy atom. The van der Waals surface area contributed by atoms with Crippen molar-refractivity contribution in [1.29, 1.82) is 0 Å². The molecule has 0 saturated carbocycles. The smallest absolute Gasteiger partial charge is 0.162 e. The summed E-state index contributed by atoms with van der Waals surface area (Å²) in [6.45, 7) is 0. The number of nitrogens with zero attached hydrogens (tertiary/aromatic N) is 1. The number of rotatable bonds is 3. The molecular weight excluding hydrogens is 366 g/mol. The molecule has 0 aliphatic carbocycles. The summed E-state index contributed by atoms with van der Waals surface area (Å²) in [6, 6.07) is 20.7. The van der Waals surface area contributed by atoms with Crippen LogP contribution in [-0.2, 0) is 0 Å². The first-order valence-electron chi connectivity index (χ1n) is 7.64. The van der Waals surface area contributed by atoms with Gasteiger partial charge in [-0.05, 0) is 40.2 Å². The van der Waals surface area contributed by atoms with E-state index in [-0.39, 0.29) is 0 Å². The number of hydrogen-bond acceptors (Lipinski definition) is 2. The van der Waals surface area contributed by atoms with Crippen molar-refractivity contribution in [2.45, 2.75) is 0 Å². The van der Waals surface area contributed by atoms with Gasteiger partial charge in [-0.1, -0.05) is 30.3 Å². The number of benzene rings is 3. The van der Waals surface area contributed by atoms with Crippen molar-refractivity contribution < 1.29 is 9.47 Å². The van der Waals surface area contributed by atoms with Crippen LogP contribution in [0.4, 0.5) is 0 Å². The lowest BCUT2D eigenvalue weighted by Crippen LogP contribution is -1.96. The standard InChI is InChI=1S/C20H16BrNO2/c1-23-19-11-14-13-7-3-5-9-16(13)22(18(14)12-20(19)24-2)17-10-6-4-8-15(17)21/h3-12H,1-2H3. The van der Waals surface area contributed by atoms with Gasteiger partial charge < -0.3 is 14.0 Å². The Labute approximate surface area is 148 Å². The number of halogens is 1. The van der Waals surface area contributed by atoms with E-state index in [4.69, 9.17) is 9.47 Å². The molecule has 0 N–H and O–H groups in total. The Morgan fingerprint density at radius 1 is 0.750 bits per heavy atom. The van der Waals surface area contributed by atoms with Gasteiger partial charge in [0.05, 0.1) is 30.9 Å². The van der Waals surface area contributed by atoms with E-state index >= 15 is 0 Å². The number of ether oxygens (including phenoxy) is 2. The fraction of sp³-hybridized carbons (Fsp3) is 0.100. The third-order valence-electron chi connectivity index (χ3n) is 4.27. The predicted octanol–water partition coefficient (Wildman–Crippen LogP) is 5.56.